The molecule has 0 spiro atoms. The van der Waals surface area contributed by atoms with Crippen LogP contribution < -0.4 is 0 Å². The van der Waals surface area contributed by atoms with Crippen molar-refractivity contribution in [2.45, 2.75) is 32.9 Å². The third-order valence-electron chi connectivity index (χ3n) is 2.08. The van der Waals surface area contributed by atoms with Crippen molar-refractivity contribution >= 4 is 5.97 Å². The lowest BCUT2D eigenvalue weighted by atomic mass is 10.1. The molecule has 0 radical (unpaired) electrons. The maximum Gasteiger partial charge on any atom is 0.451 e. The number of ether oxygens (including phenoxy) is 1. The summed E-state index contributed by atoms with van der Waals surface area (Å²) in [7, 11) is 0. The minimum absolute atomic E-state index is 0.0706. The zero-order valence-electron chi connectivity index (χ0n) is 10.2. The van der Waals surface area contributed by atoms with Gasteiger partial charge >= 0.3 is 12.1 Å². The normalized spacial score (nSPS) is 11.7. The standard InChI is InChI=1S/C11H13F3N2O2/c1-4-18-9(17)8-5-7(6(2)3)15-10(16-8)11(12,13)14/h5-6H,4H2,1-3H3. The minimum Gasteiger partial charge on any atom is -0.461 e. The Hall–Kier alpha value is -1.66. The average molecular weight is 262 g/mol. The van der Waals surface area contributed by atoms with Gasteiger partial charge in [-0.05, 0) is 18.9 Å². The first-order valence-corrected chi connectivity index (χ1v) is 5.39. The van der Waals surface area contributed by atoms with E-state index in [0.717, 1.165) is 0 Å². The van der Waals surface area contributed by atoms with Crippen molar-refractivity contribution in [3.63, 3.8) is 0 Å². The molecular weight excluding hydrogens is 249 g/mol. The Bertz CT molecular complexity index is 444. The van der Waals surface area contributed by atoms with E-state index < -0.39 is 18.0 Å². The highest BCUT2D eigenvalue weighted by Gasteiger charge is 2.36. The summed E-state index contributed by atoms with van der Waals surface area (Å²) < 4.78 is 42.4. The molecule has 7 heteroatoms. The number of nitrogens with zero attached hydrogens (tertiary/aromatic N) is 2. The summed E-state index contributed by atoms with van der Waals surface area (Å²) in [5, 5.41) is 0. The van der Waals surface area contributed by atoms with E-state index in [0.29, 0.717) is 0 Å². The monoisotopic (exact) mass is 262 g/mol. The fourth-order valence-corrected chi connectivity index (χ4v) is 1.20. The van der Waals surface area contributed by atoms with Crippen molar-refractivity contribution in [1.82, 2.24) is 9.97 Å². The van der Waals surface area contributed by atoms with E-state index >= 15 is 0 Å². The molecule has 0 saturated carbocycles. The van der Waals surface area contributed by atoms with Crippen molar-refractivity contribution < 1.29 is 22.7 Å². The zero-order chi connectivity index (χ0) is 13.9. The number of hydrogen-bond donors (Lipinski definition) is 0. The lowest BCUT2D eigenvalue weighted by molar-refractivity contribution is -0.145. The van der Waals surface area contributed by atoms with E-state index in [4.69, 9.17) is 0 Å². The Labute approximate surface area is 102 Å². The average Bonchev–Trinajstić information content (AvgIpc) is 2.27. The number of rotatable bonds is 3. The molecule has 100 valence electrons. The number of halogens is 3. The van der Waals surface area contributed by atoms with Crippen LogP contribution in [0.5, 0.6) is 0 Å². The van der Waals surface area contributed by atoms with E-state index in [1.165, 1.54) is 6.07 Å². The predicted molar refractivity (Wildman–Crippen MR) is 57.1 cm³/mol. The molecule has 1 rings (SSSR count). The third-order valence-corrected chi connectivity index (χ3v) is 2.08. The largest absolute Gasteiger partial charge is 0.461 e. The molecule has 0 fully saturated rings. The second kappa shape index (κ2) is 5.32. The number of carbonyl (C=O) groups excluding carboxylic acids is 1. The molecule has 1 aromatic rings. The highest BCUT2D eigenvalue weighted by molar-refractivity contribution is 5.87. The van der Waals surface area contributed by atoms with Crippen LogP contribution in [-0.2, 0) is 10.9 Å². The third kappa shape index (κ3) is 3.41. The Morgan fingerprint density at radius 1 is 1.39 bits per heavy atom. The molecule has 1 aromatic heterocycles. The minimum atomic E-state index is -4.69. The zero-order valence-corrected chi connectivity index (χ0v) is 10.2. The van der Waals surface area contributed by atoms with Gasteiger partial charge < -0.3 is 4.74 Å². The van der Waals surface area contributed by atoms with Crippen molar-refractivity contribution in [2.75, 3.05) is 6.61 Å². The highest BCUT2D eigenvalue weighted by atomic mass is 19.4. The van der Waals surface area contributed by atoms with E-state index in [9.17, 15) is 18.0 Å². The van der Waals surface area contributed by atoms with Gasteiger partial charge in [-0.3, -0.25) is 0 Å². The molecule has 4 nitrogen and oxygen atoms in total. The molecule has 0 aromatic carbocycles. The smallest absolute Gasteiger partial charge is 0.451 e. The summed E-state index contributed by atoms with van der Waals surface area (Å²) in [5.74, 6) is -2.45. The van der Waals surface area contributed by atoms with Gasteiger partial charge in [-0.25, -0.2) is 14.8 Å². The first-order chi connectivity index (χ1) is 8.25. The Balaban J connectivity index is 3.27. The summed E-state index contributed by atoms with van der Waals surface area (Å²) in [4.78, 5) is 18.0. The Morgan fingerprint density at radius 2 is 2.00 bits per heavy atom. The first-order valence-electron chi connectivity index (χ1n) is 5.39. The van der Waals surface area contributed by atoms with Crippen LogP contribution in [0.2, 0.25) is 0 Å². The van der Waals surface area contributed by atoms with Gasteiger partial charge in [-0.1, -0.05) is 13.8 Å². The molecule has 0 aliphatic carbocycles. The molecule has 0 aliphatic rings. The van der Waals surface area contributed by atoms with Crippen LogP contribution in [0.25, 0.3) is 0 Å². The Kier molecular flexibility index (Phi) is 4.26. The summed E-state index contributed by atoms with van der Waals surface area (Å²) in [6.07, 6.45) is -4.69. The lowest BCUT2D eigenvalue weighted by Crippen LogP contribution is -2.17. The van der Waals surface area contributed by atoms with Crippen molar-refractivity contribution in [2.24, 2.45) is 0 Å². The lowest BCUT2D eigenvalue weighted by Gasteiger charge is -2.11. The molecule has 0 atom stereocenters. The molecule has 0 N–H and O–H groups in total. The Morgan fingerprint density at radius 3 is 2.44 bits per heavy atom. The molecule has 1 heterocycles. The maximum atomic E-state index is 12.6. The van der Waals surface area contributed by atoms with Crippen molar-refractivity contribution in [1.29, 1.82) is 0 Å². The summed E-state index contributed by atoms with van der Waals surface area (Å²) in [5.41, 5.74) is -0.219. The second-order valence-electron chi connectivity index (χ2n) is 3.87. The number of hydrogen-bond acceptors (Lipinski definition) is 4. The first kappa shape index (κ1) is 14.4. The van der Waals surface area contributed by atoms with Crippen LogP contribution in [-0.4, -0.2) is 22.5 Å². The van der Waals surface area contributed by atoms with E-state index in [1.54, 1.807) is 20.8 Å². The van der Waals surface area contributed by atoms with Gasteiger partial charge in [-0.15, -0.1) is 0 Å². The van der Waals surface area contributed by atoms with Crippen LogP contribution in [0.3, 0.4) is 0 Å². The quantitative estimate of drug-likeness (QED) is 0.786. The number of aromatic nitrogens is 2. The maximum absolute atomic E-state index is 12.6. The van der Waals surface area contributed by atoms with Gasteiger partial charge in [0.1, 0.15) is 0 Å². The number of alkyl halides is 3. The molecule has 0 amide bonds. The van der Waals surface area contributed by atoms with Crippen LogP contribution in [0.15, 0.2) is 6.07 Å². The van der Waals surface area contributed by atoms with Crippen molar-refractivity contribution in [3.8, 4) is 0 Å². The van der Waals surface area contributed by atoms with Gasteiger partial charge in [0.05, 0.1) is 6.61 Å². The van der Waals surface area contributed by atoms with Crippen LogP contribution >= 0.6 is 0 Å². The van der Waals surface area contributed by atoms with Crippen LogP contribution in [0.4, 0.5) is 13.2 Å². The topological polar surface area (TPSA) is 52.1 Å². The van der Waals surface area contributed by atoms with Crippen LogP contribution in [0, 0.1) is 0 Å². The predicted octanol–water partition coefficient (Wildman–Crippen LogP) is 2.80. The molecule has 0 unspecified atom stereocenters. The SMILES string of the molecule is CCOC(=O)c1cc(C(C)C)nc(C(F)(F)F)n1. The van der Waals surface area contributed by atoms with Crippen molar-refractivity contribution in [3.05, 3.63) is 23.3 Å². The summed E-state index contributed by atoms with van der Waals surface area (Å²) >= 11 is 0. The van der Waals surface area contributed by atoms with Gasteiger partial charge in [0.2, 0.25) is 5.82 Å². The van der Waals surface area contributed by atoms with Gasteiger partial charge in [0.15, 0.2) is 5.69 Å². The van der Waals surface area contributed by atoms with E-state index in [2.05, 4.69) is 14.7 Å². The fourth-order valence-electron chi connectivity index (χ4n) is 1.20. The number of esters is 1. The number of carbonyl (C=O) groups is 1. The van der Waals surface area contributed by atoms with Crippen LogP contribution in [0.1, 0.15) is 48.7 Å². The molecule has 0 aliphatic heterocycles. The molecule has 0 saturated heterocycles. The summed E-state index contributed by atoms with van der Waals surface area (Å²) in [6.45, 7) is 4.99. The highest BCUT2D eigenvalue weighted by Crippen LogP contribution is 2.27. The van der Waals surface area contributed by atoms with Gasteiger partial charge in [0, 0.05) is 5.69 Å². The van der Waals surface area contributed by atoms with Gasteiger partial charge in [0.25, 0.3) is 0 Å². The molecular formula is C11H13F3N2O2. The second-order valence-corrected chi connectivity index (χ2v) is 3.87. The molecule has 0 bridgehead atoms. The van der Waals surface area contributed by atoms with Gasteiger partial charge in [-0.2, -0.15) is 13.2 Å². The van der Waals surface area contributed by atoms with E-state index in [-0.39, 0.29) is 23.9 Å². The molecule has 18 heavy (non-hydrogen) atoms. The van der Waals surface area contributed by atoms with E-state index in [1.807, 2.05) is 0 Å². The summed E-state index contributed by atoms with van der Waals surface area (Å²) in [6, 6.07) is 1.22. The fraction of sp³-hybridized carbons (Fsp3) is 0.545.